The molecule has 2 aromatic carbocycles. The van der Waals surface area contributed by atoms with Crippen LogP contribution in [0.4, 0.5) is 26.3 Å². The van der Waals surface area contributed by atoms with Crippen molar-refractivity contribution in [3.8, 4) is 5.75 Å². The quantitative estimate of drug-likeness (QED) is 0.449. The van der Waals surface area contributed by atoms with Crippen molar-refractivity contribution < 1.29 is 38.9 Å². The van der Waals surface area contributed by atoms with Gasteiger partial charge >= 0.3 is 22.5 Å². The van der Waals surface area contributed by atoms with E-state index in [9.17, 15) is 34.8 Å². The van der Waals surface area contributed by atoms with E-state index in [1.807, 2.05) is 0 Å². The van der Waals surface area contributed by atoms with Gasteiger partial charge in [-0.25, -0.2) is 0 Å². The van der Waals surface area contributed by atoms with Crippen LogP contribution in [-0.4, -0.2) is 8.42 Å². The first kappa shape index (κ1) is 20.7. The molecule has 2 rings (SSSR count). The van der Waals surface area contributed by atoms with Crippen molar-refractivity contribution in [3.05, 3.63) is 57.6 Å². The predicted octanol–water partition coefficient (Wildman–Crippen LogP) is 5.80. The summed E-state index contributed by atoms with van der Waals surface area (Å²) in [6, 6.07) is 3.05. The molecule has 0 radical (unpaired) electrons. The topological polar surface area (TPSA) is 43.4 Å². The van der Waals surface area contributed by atoms with Gasteiger partial charge in [-0.15, -0.1) is 0 Å². The predicted molar refractivity (Wildman–Crippen MR) is 80.7 cm³/mol. The van der Waals surface area contributed by atoms with Gasteiger partial charge in [0.15, 0.2) is 0 Å². The molecule has 0 aromatic heterocycles. The molecule has 0 bridgehead atoms. The minimum atomic E-state index is -5.20. The number of rotatable bonds is 3. The fourth-order valence-electron chi connectivity index (χ4n) is 1.82. The van der Waals surface area contributed by atoms with E-state index in [1.165, 1.54) is 6.07 Å². The van der Waals surface area contributed by atoms with E-state index in [-0.39, 0.29) is 28.2 Å². The highest BCUT2D eigenvalue weighted by Gasteiger charge is 2.38. The van der Waals surface area contributed by atoms with Gasteiger partial charge in [-0.1, -0.05) is 23.2 Å². The molecule has 0 atom stereocenters. The Labute approximate surface area is 153 Å². The molecule has 0 unspecified atom stereocenters. The summed E-state index contributed by atoms with van der Waals surface area (Å²) in [5.41, 5.74) is -3.59. The number of hydrogen-bond donors (Lipinski definition) is 0. The molecule has 0 aliphatic carbocycles. The maximum atomic E-state index is 12.8. The Morgan fingerprint density at radius 1 is 0.731 bits per heavy atom. The summed E-state index contributed by atoms with van der Waals surface area (Å²) in [7, 11) is -5.03. The second kappa shape index (κ2) is 6.82. The molecule has 0 spiro atoms. The van der Waals surface area contributed by atoms with Crippen LogP contribution in [0, 0.1) is 0 Å². The third-order valence-electron chi connectivity index (χ3n) is 2.89. The SMILES string of the molecule is O=S(=O)(Oc1cc(Cl)cc(Cl)c1)c1cc(C(F)(F)F)cc(C(F)(F)F)c1. The second-order valence-electron chi connectivity index (χ2n) is 4.88. The van der Waals surface area contributed by atoms with Gasteiger partial charge in [0, 0.05) is 22.2 Å². The first-order valence-corrected chi connectivity index (χ1v) is 8.55. The third-order valence-corrected chi connectivity index (χ3v) is 4.55. The molecule has 0 fully saturated rings. The molecule has 3 nitrogen and oxygen atoms in total. The Bertz CT molecular complexity index is 886. The third kappa shape index (κ3) is 4.95. The van der Waals surface area contributed by atoms with Gasteiger partial charge < -0.3 is 4.18 Å². The van der Waals surface area contributed by atoms with Crippen LogP contribution in [0.5, 0.6) is 5.75 Å². The van der Waals surface area contributed by atoms with Crippen molar-refractivity contribution >= 4 is 33.3 Å². The molecule has 26 heavy (non-hydrogen) atoms. The molecule has 142 valence electrons. The van der Waals surface area contributed by atoms with E-state index in [0.717, 1.165) is 12.1 Å². The number of benzene rings is 2. The first-order chi connectivity index (χ1) is 11.7. The van der Waals surface area contributed by atoms with E-state index in [4.69, 9.17) is 23.2 Å². The number of alkyl halides is 6. The Kier molecular flexibility index (Phi) is 5.42. The van der Waals surface area contributed by atoms with Crippen molar-refractivity contribution in [2.75, 3.05) is 0 Å². The van der Waals surface area contributed by atoms with Gasteiger partial charge in [-0.2, -0.15) is 34.8 Å². The Morgan fingerprint density at radius 2 is 1.15 bits per heavy atom. The average Bonchev–Trinajstić information content (AvgIpc) is 2.43. The van der Waals surface area contributed by atoms with Gasteiger partial charge in [0.1, 0.15) is 10.6 Å². The Hall–Kier alpha value is -1.65. The zero-order valence-corrected chi connectivity index (χ0v) is 14.4. The van der Waals surface area contributed by atoms with E-state index < -0.39 is 44.2 Å². The van der Waals surface area contributed by atoms with Crippen molar-refractivity contribution in [3.63, 3.8) is 0 Å². The highest BCUT2D eigenvalue weighted by molar-refractivity contribution is 7.87. The van der Waals surface area contributed by atoms with Crippen molar-refractivity contribution in [1.29, 1.82) is 0 Å². The molecule has 0 amide bonds. The summed E-state index contributed by atoms with van der Waals surface area (Å²) in [5, 5.41) is -0.106. The van der Waals surface area contributed by atoms with E-state index in [1.54, 1.807) is 0 Å². The fourth-order valence-corrected chi connectivity index (χ4v) is 3.32. The Balaban J connectivity index is 2.57. The maximum absolute atomic E-state index is 12.8. The maximum Gasteiger partial charge on any atom is 0.416 e. The molecule has 0 aliphatic heterocycles. The summed E-state index contributed by atoms with van der Waals surface area (Å²) in [5.74, 6) is -0.478. The van der Waals surface area contributed by atoms with Crippen LogP contribution in [0.15, 0.2) is 41.3 Å². The largest absolute Gasteiger partial charge is 0.416 e. The lowest BCUT2D eigenvalue weighted by molar-refractivity contribution is -0.143. The van der Waals surface area contributed by atoms with E-state index in [2.05, 4.69) is 4.18 Å². The lowest BCUT2D eigenvalue weighted by Gasteiger charge is -2.14. The van der Waals surface area contributed by atoms with Crippen LogP contribution in [-0.2, 0) is 22.5 Å². The zero-order chi connectivity index (χ0) is 19.9. The number of halogens is 8. The second-order valence-corrected chi connectivity index (χ2v) is 7.30. The van der Waals surface area contributed by atoms with Crippen molar-refractivity contribution in [2.45, 2.75) is 17.2 Å². The molecular weight excluding hydrogens is 433 g/mol. The normalized spacial score (nSPS) is 12.9. The monoisotopic (exact) mass is 438 g/mol. The average molecular weight is 439 g/mol. The summed E-state index contributed by atoms with van der Waals surface area (Å²) in [6.07, 6.45) is -10.4. The van der Waals surface area contributed by atoms with Crippen LogP contribution in [0.1, 0.15) is 11.1 Å². The van der Waals surface area contributed by atoms with Crippen LogP contribution in [0.3, 0.4) is 0 Å². The molecule has 0 aliphatic rings. The molecular formula is C14H6Cl2F6O3S. The van der Waals surface area contributed by atoms with Crippen molar-refractivity contribution in [2.24, 2.45) is 0 Å². The minimum Gasteiger partial charge on any atom is -0.379 e. The van der Waals surface area contributed by atoms with Gasteiger partial charge in [-0.05, 0) is 24.3 Å². The van der Waals surface area contributed by atoms with Crippen molar-refractivity contribution in [1.82, 2.24) is 0 Å². The van der Waals surface area contributed by atoms with Crippen LogP contribution >= 0.6 is 23.2 Å². The van der Waals surface area contributed by atoms with Gasteiger partial charge in [-0.3, -0.25) is 0 Å². The Morgan fingerprint density at radius 3 is 1.54 bits per heavy atom. The fraction of sp³-hybridized carbons (Fsp3) is 0.143. The van der Waals surface area contributed by atoms with Gasteiger partial charge in [0.25, 0.3) is 0 Å². The molecule has 12 heteroatoms. The standard InChI is InChI=1S/C14H6Cl2F6O3S/c15-9-4-10(16)6-11(5-9)25-26(23,24)12-2-7(13(17,18)19)1-8(3-12)14(20,21)22/h1-6H. The van der Waals surface area contributed by atoms with Gasteiger partial charge in [0.05, 0.1) is 11.1 Å². The lowest BCUT2D eigenvalue weighted by Crippen LogP contribution is -2.16. The summed E-state index contributed by atoms with van der Waals surface area (Å²) in [4.78, 5) is -1.32. The van der Waals surface area contributed by atoms with E-state index in [0.29, 0.717) is 0 Å². The highest BCUT2D eigenvalue weighted by Crippen LogP contribution is 2.38. The number of hydrogen-bond acceptors (Lipinski definition) is 3. The van der Waals surface area contributed by atoms with Crippen LogP contribution in [0.25, 0.3) is 0 Å². The van der Waals surface area contributed by atoms with E-state index >= 15 is 0 Å². The first-order valence-electron chi connectivity index (χ1n) is 6.38. The van der Waals surface area contributed by atoms with Crippen LogP contribution < -0.4 is 4.18 Å². The van der Waals surface area contributed by atoms with Crippen LogP contribution in [0.2, 0.25) is 10.0 Å². The highest BCUT2D eigenvalue weighted by atomic mass is 35.5. The molecule has 0 heterocycles. The molecule has 2 aromatic rings. The smallest absolute Gasteiger partial charge is 0.379 e. The summed E-state index contributed by atoms with van der Waals surface area (Å²) >= 11 is 11.3. The summed E-state index contributed by atoms with van der Waals surface area (Å²) < 4.78 is 106. The summed E-state index contributed by atoms with van der Waals surface area (Å²) in [6.45, 7) is 0. The minimum absolute atomic E-state index is 0.0384. The van der Waals surface area contributed by atoms with Gasteiger partial charge in [0.2, 0.25) is 0 Å². The zero-order valence-electron chi connectivity index (χ0n) is 12.1. The molecule has 0 saturated carbocycles. The lowest BCUT2D eigenvalue weighted by atomic mass is 10.1. The molecule has 0 saturated heterocycles. The molecule has 0 N–H and O–H groups in total.